The maximum absolute atomic E-state index is 12.1. The number of anilines is 1. The van der Waals surface area contributed by atoms with Gasteiger partial charge in [0.25, 0.3) is 5.56 Å². The summed E-state index contributed by atoms with van der Waals surface area (Å²) in [7, 11) is 1.58. The van der Waals surface area contributed by atoms with Crippen molar-refractivity contribution >= 4 is 11.9 Å². The first-order chi connectivity index (χ1) is 12.5. The summed E-state index contributed by atoms with van der Waals surface area (Å²) in [5.41, 5.74) is 7.65. The van der Waals surface area contributed by atoms with Crippen molar-refractivity contribution in [1.82, 2.24) is 9.55 Å². The van der Waals surface area contributed by atoms with Crippen molar-refractivity contribution in [2.45, 2.75) is 12.8 Å². The van der Waals surface area contributed by atoms with Gasteiger partial charge in [0.2, 0.25) is 5.95 Å². The molecule has 0 aliphatic rings. The number of nitrogen functional groups attached to an aromatic ring is 1. The Kier molecular flexibility index (Phi) is 5.12. The Bertz CT molecular complexity index is 981. The number of ether oxygens (including phenoxy) is 1. The highest BCUT2D eigenvalue weighted by Crippen LogP contribution is 2.16. The first-order valence-electron chi connectivity index (χ1n) is 8.21. The molecule has 6 nitrogen and oxygen atoms in total. The molecule has 0 aliphatic heterocycles. The molecule has 0 spiro atoms. The zero-order valence-electron chi connectivity index (χ0n) is 14.4. The molecule has 0 unspecified atom stereocenters. The summed E-state index contributed by atoms with van der Waals surface area (Å²) in [5, 5.41) is 0. The van der Waals surface area contributed by atoms with E-state index < -0.39 is 5.97 Å². The summed E-state index contributed by atoms with van der Waals surface area (Å²) in [5.74, 6) is 0.273. The Labute approximate surface area is 150 Å². The summed E-state index contributed by atoms with van der Waals surface area (Å²) >= 11 is 0. The normalized spacial score (nSPS) is 10.5. The van der Waals surface area contributed by atoms with Crippen LogP contribution in [-0.2, 0) is 19.9 Å². The molecule has 0 fully saturated rings. The van der Waals surface area contributed by atoms with E-state index >= 15 is 0 Å². The van der Waals surface area contributed by atoms with Gasteiger partial charge in [-0.1, -0.05) is 30.3 Å². The van der Waals surface area contributed by atoms with Crippen LogP contribution >= 0.6 is 0 Å². The molecule has 2 aromatic carbocycles. The second kappa shape index (κ2) is 7.65. The number of rotatable bonds is 5. The van der Waals surface area contributed by atoms with Gasteiger partial charge in [-0.2, -0.15) is 0 Å². The summed E-state index contributed by atoms with van der Waals surface area (Å²) < 4.78 is 6.72. The molecule has 6 heteroatoms. The Morgan fingerprint density at radius 3 is 2.58 bits per heavy atom. The van der Waals surface area contributed by atoms with Crippen LogP contribution in [-0.4, -0.2) is 15.5 Å². The van der Waals surface area contributed by atoms with Crippen LogP contribution in [0.15, 0.2) is 65.5 Å². The van der Waals surface area contributed by atoms with Crippen molar-refractivity contribution in [1.29, 1.82) is 0 Å². The maximum atomic E-state index is 12.1. The first kappa shape index (κ1) is 17.4. The molecule has 0 amide bonds. The number of nitrogens with zero attached hydrogens (tertiary/aromatic N) is 2. The number of hydrogen-bond donors (Lipinski definition) is 1. The largest absolute Gasteiger partial charge is 0.423 e. The summed E-state index contributed by atoms with van der Waals surface area (Å²) in [6, 6.07) is 17.6. The molecule has 3 aromatic rings. The second-order valence-electron chi connectivity index (χ2n) is 5.91. The Balaban J connectivity index is 1.68. The van der Waals surface area contributed by atoms with Crippen LogP contribution in [0.1, 0.15) is 21.6 Å². The standard InChI is InChI=1S/C20H19N3O3/c1-23-18(24)13-16(22-20(23)21)11-10-14-6-5-9-17(12-14)26-19(25)15-7-3-2-4-8-15/h2-9,12-13H,10-11H2,1H3,(H2,21,22). The van der Waals surface area contributed by atoms with Gasteiger partial charge in [-0.15, -0.1) is 0 Å². The molecule has 132 valence electrons. The average molecular weight is 349 g/mol. The smallest absolute Gasteiger partial charge is 0.343 e. The lowest BCUT2D eigenvalue weighted by Gasteiger charge is -2.08. The number of esters is 1. The van der Waals surface area contributed by atoms with Crippen molar-refractivity contribution < 1.29 is 9.53 Å². The van der Waals surface area contributed by atoms with Crippen LogP contribution in [0.4, 0.5) is 5.95 Å². The van der Waals surface area contributed by atoms with Gasteiger partial charge in [0, 0.05) is 13.1 Å². The fourth-order valence-electron chi connectivity index (χ4n) is 2.51. The number of aromatic nitrogens is 2. The van der Waals surface area contributed by atoms with E-state index in [2.05, 4.69) is 4.98 Å². The Morgan fingerprint density at radius 1 is 1.08 bits per heavy atom. The van der Waals surface area contributed by atoms with E-state index in [9.17, 15) is 9.59 Å². The lowest BCUT2D eigenvalue weighted by atomic mass is 10.1. The highest BCUT2D eigenvalue weighted by atomic mass is 16.5. The molecule has 1 heterocycles. The molecule has 1 aromatic heterocycles. The highest BCUT2D eigenvalue weighted by Gasteiger charge is 2.09. The van der Waals surface area contributed by atoms with E-state index in [0.717, 1.165) is 5.56 Å². The van der Waals surface area contributed by atoms with E-state index in [-0.39, 0.29) is 11.5 Å². The second-order valence-corrected chi connectivity index (χ2v) is 5.91. The third-order valence-corrected chi connectivity index (χ3v) is 4.01. The monoisotopic (exact) mass is 349 g/mol. The Morgan fingerprint density at radius 2 is 1.85 bits per heavy atom. The number of nitrogens with two attached hydrogens (primary N) is 1. The van der Waals surface area contributed by atoms with Crippen molar-refractivity contribution in [3.8, 4) is 5.75 Å². The van der Waals surface area contributed by atoms with E-state index in [4.69, 9.17) is 10.5 Å². The maximum Gasteiger partial charge on any atom is 0.343 e. The topological polar surface area (TPSA) is 87.2 Å². The fourth-order valence-corrected chi connectivity index (χ4v) is 2.51. The quantitative estimate of drug-likeness (QED) is 0.564. The van der Waals surface area contributed by atoms with E-state index in [1.807, 2.05) is 24.3 Å². The van der Waals surface area contributed by atoms with E-state index in [0.29, 0.717) is 29.8 Å². The third-order valence-electron chi connectivity index (χ3n) is 4.01. The zero-order chi connectivity index (χ0) is 18.5. The van der Waals surface area contributed by atoms with Crippen molar-refractivity contribution in [3.05, 3.63) is 87.8 Å². The number of hydrogen-bond acceptors (Lipinski definition) is 5. The van der Waals surface area contributed by atoms with E-state index in [1.165, 1.54) is 10.6 Å². The summed E-state index contributed by atoms with van der Waals surface area (Å²) in [6.45, 7) is 0. The molecular weight excluding hydrogens is 330 g/mol. The van der Waals surface area contributed by atoms with Gasteiger partial charge in [-0.05, 0) is 42.7 Å². The van der Waals surface area contributed by atoms with Gasteiger partial charge in [0.1, 0.15) is 5.75 Å². The minimum absolute atomic E-state index is 0.182. The van der Waals surface area contributed by atoms with Crippen molar-refractivity contribution in [2.24, 2.45) is 7.05 Å². The highest BCUT2D eigenvalue weighted by molar-refractivity contribution is 5.90. The van der Waals surface area contributed by atoms with Gasteiger partial charge >= 0.3 is 5.97 Å². The molecule has 0 saturated heterocycles. The number of carbonyl (C=O) groups is 1. The number of aryl methyl sites for hydroxylation is 2. The van der Waals surface area contributed by atoms with E-state index in [1.54, 1.807) is 37.4 Å². The minimum atomic E-state index is -0.399. The van der Waals surface area contributed by atoms with Crippen LogP contribution in [0, 0.1) is 0 Å². The van der Waals surface area contributed by atoms with Crippen molar-refractivity contribution in [2.75, 3.05) is 5.73 Å². The van der Waals surface area contributed by atoms with Gasteiger partial charge in [-0.3, -0.25) is 9.36 Å². The molecule has 26 heavy (non-hydrogen) atoms. The predicted octanol–water partition coefficient (Wildman–Crippen LogP) is 2.37. The molecule has 0 radical (unpaired) electrons. The van der Waals surface area contributed by atoms with Crippen LogP contribution in [0.5, 0.6) is 5.75 Å². The predicted molar refractivity (Wildman–Crippen MR) is 99.1 cm³/mol. The van der Waals surface area contributed by atoms with Gasteiger partial charge in [-0.25, -0.2) is 9.78 Å². The first-order valence-corrected chi connectivity index (χ1v) is 8.21. The Hall–Kier alpha value is -3.41. The zero-order valence-corrected chi connectivity index (χ0v) is 14.4. The molecule has 3 rings (SSSR count). The minimum Gasteiger partial charge on any atom is -0.423 e. The lowest BCUT2D eigenvalue weighted by molar-refractivity contribution is 0.0734. The molecule has 0 atom stereocenters. The van der Waals surface area contributed by atoms with Crippen LogP contribution in [0.3, 0.4) is 0 Å². The average Bonchev–Trinajstić information content (AvgIpc) is 2.65. The third kappa shape index (κ3) is 4.16. The molecule has 2 N–H and O–H groups in total. The van der Waals surface area contributed by atoms with Crippen molar-refractivity contribution in [3.63, 3.8) is 0 Å². The molecule has 0 saturated carbocycles. The fraction of sp³-hybridized carbons (Fsp3) is 0.150. The van der Waals surface area contributed by atoms with Crippen LogP contribution in [0.2, 0.25) is 0 Å². The van der Waals surface area contributed by atoms with Crippen LogP contribution < -0.4 is 16.0 Å². The van der Waals surface area contributed by atoms with Gasteiger partial charge < -0.3 is 10.5 Å². The van der Waals surface area contributed by atoms with Gasteiger partial charge in [0.05, 0.1) is 11.3 Å². The lowest BCUT2D eigenvalue weighted by Crippen LogP contribution is -2.21. The summed E-state index contributed by atoms with van der Waals surface area (Å²) in [4.78, 5) is 28.1. The molecular formula is C20H19N3O3. The van der Waals surface area contributed by atoms with Gasteiger partial charge in [0.15, 0.2) is 0 Å². The number of carbonyl (C=O) groups excluding carboxylic acids is 1. The number of benzene rings is 2. The summed E-state index contributed by atoms with van der Waals surface area (Å²) in [6.07, 6.45) is 1.21. The molecule has 0 bridgehead atoms. The molecule has 0 aliphatic carbocycles. The SMILES string of the molecule is Cn1c(N)nc(CCc2cccc(OC(=O)c3ccccc3)c2)cc1=O. The van der Waals surface area contributed by atoms with Crippen LogP contribution in [0.25, 0.3) is 0 Å².